The molecule has 5 N–H and O–H groups in total. The minimum atomic E-state index is -0.487. The maximum Gasteiger partial charge on any atom is 0.141 e. The first-order valence-corrected chi connectivity index (χ1v) is 4.76. The van der Waals surface area contributed by atoms with E-state index in [0.717, 1.165) is 0 Å². The monoisotopic (exact) mass is 212 g/mol. The average molecular weight is 212 g/mol. The predicted octanol–water partition coefficient (Wildman–Crippen LogP) is -0.0299. The Morgan fingerprint density at radius 2 is 2.13 bits per heavy atom. The number of aliphatic hydroxyl groups excluding tert-OH is 2. The van der Waals surface area contributed by atoms with Crippen LogP contribution in [0.15, 0.2) is 6.20 Å². The summed E-state index contributed by atoms with van der Waals surface area (Å²) in [6.07, 6.45) is 1.83. The molecule has 0 saturated carbocycles. The van der Waals surface area contributed by atoms with Crippen molar-refractivity contribution in [2.75, 3.05) is 6.61 Å². The van der Waals surface area contributed by atoms with E-state index in [0.29, 0.717) is 23.2 Å². The van der Waals surface area contributed by atoms with Gasteiger partial charge in [0.1, 0.15) is 5.75 Å². The summed E-state index contributed by atoms with van der Waals surface area (Å²) in [6.45, 7) is 1.37. The van der Waals surface area contributed by atoms with Gasteiger partial charge in [0.05, 0.1) is 12.3 Å². The van der Waals surface area contributed by atoms with Crippen molar-refractivity contribution in [2.45, 2.75) is 26.0 Å². The maximum atomic E-state index is 9.77. The average Bonchev–Trinajstić information content (AvgIpc) is 2.22. The fraction of sp³-hybridized carbons (Fsp3) is 0.500. The van der Waals surface area contributed by atoms with Gasteiger partial charge in [-0.2, -0.15) is 0 Å². The minimum Gasteiger partial charge on any atom is -0.506 e. The molecular weight excluding hydrogens is 196 g/mol. The molecule has 15 heavy (non-hydrogen) atoms. The molecule has 0 radical (unpaired) electrons. The molecule has 0 aliphatic carbocycles. The Morgan fingerprint density at radius 3 is 2.67 bits per heavy atom. The van der Waals surface area contributed by atoms with E-state index in [1.165, 1.54) is 6.20 Å². The van der Waals surface area contributed by atoms with Gasteiger partial charge in [-0.25, -0.2) is 0 Å². The molecule has 0 aliphatic heterocycles. The highest BCUT2D eigenvalue weighted by Gasteiger charge is 2.17. The number of aromatic nitrogens is 1. The second kappa shape index (κ2) is 5.06. The van der Waals surface area contributed by atoms with Gasteiger partial charge in [0.15, 0.2) is 0 Å². The molecule has 1 atom stereocenters. The lowest BCUT2D eigenvalue weighted by atomic mass is 9.99. The summed E-state index contributed by atoms with van der Waals surface area (Å²) < 4.78 is 0. The van der Waals surface area contributed by atoms with Crippen molar-refractivity contribution in [3.63, 3.8) is 0 Å². The van der Waals surface area contributed by atoms with Crippen LogP contribution in [-0.4, -0.2) is 26.9 Å². The third-order valence-corrected chi connectivity index (χ3v) is 2.34. The van der Waals surface area contributed by atoms with Crippen LogP contribution < -0.4 is 5.73 Å². The number of rotatable bonds is 4. The molecule has 0 bridgehead atoms. The molecule has 0 amide bonds. The van der Waals surface area contributed by atoms with Crippen LogP contribution in [0.3, 0.4) is 0 Å². The second-order valence-corrected chi connectivity index (χ2v) is 3.41. The highest BCUT2D eigenvalue weighted by atomic mass is 16.3. The first kappa shape index (κ1) is 11.9. The van der Waals surface area contributed by atoms with E-state index in [2.05, 4.69) is 4.98 Å². The van der Waals surface area contributed by atoms with Gasteiger partial charge in [0.25, 0.3) is 0 Å². The topological polar surface area (TPSA) is 99.6 Å². The highest BCUT2D eigenvalue weighted by Crippen LogP contribution is 2.29. The van der Waals surface area contributed by atoms with Gasteiger partial charge >= 0.3 is 0 Å². The fourth-order valence-corrected chi connectivity index (χ4v) is 1.48. The van der Waals surface area contributed by atoms with Crippen molar-refractivity contribution < 1.29 is 15.3 Å². The molecule has 0 unspecified atom stereocenters. The third kappa shape index (κ3) is 2.44. The van der Waals surface area contributed by atoms with E-state index in [1.54, 1.807) is 6.92 Å². The summed E-state index contributed by atoms with van der Waals surface area (Å²) >= 11 is 0. The number of hydrogen-bond donors (Lipinski definition) is 4. The van der Waals surface area contributed by atoms with Crippen molar-refractivity contribution in [3.8, 4) is 5.75 Å². The van der Waals surface area contributed by atoms with E-state index in [4.69, 9.17) is 15.9 Å². The van der Waals surface area contributed by atoms with Crippen molar-refractivity contribution in [1.29, 1.82) is 0 Å². The first-order chi connectivity index (χ1) is 7.11. The molecule has 1 heterocycles. The van der Waals surface area contributed by atoms with Crippen LogP contribution in [0.25, 0.3) is 0 Å². The predicted molar refractivity (Wildman–Crippen MR) is 55.2 cm³/mol. The van der Waals surface area contributed by atoms with Gasteiger partial charge in [-0.15, -0.1) is 0 Å². The minimum absolute atomic E-state index is 0.00231. The number of aromatic hydroxyl groups is 1. The molecule has 1 rings (SSSR count). The Hall–Kier alpha value is -1.17. The Kier molecular flexibility index (Phi) is 4.02. The third-order valence-electron chi connectivity index (χ3n) is 2.34. The summed E-state index contributed by atoms with van der Waals surface area (Å²) in [5, 5.41) is 27.6. The zero-order chi connectivity index (χ0) is 11.4. The molecule has 0 aromatic carbocycles. The van der Waals surface area contributed by atoms with Crippen LogP contribution in [0.4, 0.5) is 0 Å². The van der Waals surface area contributed by atoms with Crippen molar-refractivity contribution in [3.05, 3.63) is 23.0 Å². The fourth-order valence-electron chi connectivity index (χ4n) is 1.48. The molecule has 0 spiro atoms. The second-order valence-electron chi connectivity index (χ2n) is 3.41. The van der Waals surface area contributed by atoms with Gasteiger partial charge in [-0.3, -0.25) is 4.98 Å². The normalized spacial score (nSPS) is 12.8. The number of aliphatic hydroxyl groups is 2. The van der Waals surface area contributed by atoms with E-state index < -0.39 is 6.04 Å². The van der Waals surface area contributed by atoms with Gasteiger partial charge in [0.2, 0.25) is 0 Å². The van der Waals surface area contributed by atoms with E-state index in [-0.39, 0.29) is 19.0 Å². The molecule has 0 fully saturated rings. The molecule has 1 aromatic heterocycles. The van der Waals surface area contributed by atoms with Gasteiger partial charge in [0, 0.05) is 30.0 Å². The SMILES string of the molecule is Cc1ncc(CO)c([C@H](N)CCO)c1O. The molecule has 1 aromatic rings. The number of nitrogens with two attached hydrogens (primary N) is 1. The van der Waals surface area contributed by atoms with Gasteiger partial charge < -0.3 is 21.1 Å². The Morgan fingerprint density at radius 1 is 1.47 bits per heavy atom. The first-order valence-electron chi connectivity index (χ1n) is 4.76. The van der Waals surface area contributed by atoms with Gasteiger partial charge in [-0.05, 0) is 13.3 Å². The Bertz CT molecular complexity index is 342. The Labute approximate surface area is 88.2 Å². The van der Waals surface area contributed by atoms with E-state index >= 15 is 0 Å². The zero-order valence-electron chi connectivity index (χ0n) is 8.64. The summed E-state index contributed by atoms with van der Waals surface area (Å²) in [5.74, 6) is 0.00231. The standard InChI is InChI=1S/C10H16N2O3/c1-6-10(15)9(8(11)2-3-13)7(5-14)4-12-6/h4,8,13-15H,2-3,5,11H2,1H3/t8-/m1/s1. The van der Waals surface area contributed by atoms with Crippen molar-refractivity contribution in [2.24, 2.45) is 5.73 Å². The van der Waals surface area contributed by atoms with Gasteiger partial charge in [-0.1, -0.05) is 0 Å². The van der Waals surface area contributed by atoms with Crippen LogP contribution >= 0.6 is 0 Å². The molecule has 84 valence electrons. The summed E-state index contributed by atoms with van der Waals surface area (Å²) in [6, 6.07) is -0.487. The van der Waals surface area contributed by atoms with Crippen LogP contribution in [0, 0.1) is 6.92 Å². The lowest BCUT2D eigenvalue weighted by Gasteiger charge is -2.16. The molecular formula is C10H16N2O3. The summed E-state index contributed by atoms with van der Waals surface area (Å²) in [7, 11) is 0. The number of nitrogens with zero attached hydrogens (tertiary/aromatic N) is 1. The van der Waals surface area contributed by atoms with Crippen molar-refractivity contribution >= 4 is 0 Å². The van der Waals surface area contributed by atoms with Crippen LogP contribution in [0.5, 0.6) is 5.75 Å². The quantitative estimate of drug-likeness (QED) is 0.561. The van der Waals surface area contributed by atoms with Crippen LogP contribution in [0.2, 0.25) is 0 Å². The number of pyridine rings is 1. The highest BCUT2D eigenvalue weighted by molar-refractivity contribution is 5.42. The molecule has 0 aliphatic rings. The van der Waals surface area contributed by atoms with Crippen LogP contribution in [0.1, 0.15) is 29.3 Å². The smallest absolute Gasteiger partial charge is 0.141 e. The molecule has 5 heteroatoms. The van der Waals surface area contributed by atoms with E-state index in [1.807, 2.05) is 0 Å². The maximum absolute atomic E-state index is 9.77. The lowest BCUT2D eigenvalue weighted by Crippen LogP contribution is -2.15. The zero-order valence-corrected chi connectivity index (χ0v) is 8.64. The lowest BCUT2D eigenvalue weighted by molar-refractivity contribution is 0.266. The van der Waals surface area contributed by atoms with Crippen LogP contribution in [-0.2, 0) is 6.61 Å². The number of aryl methyl sites for hydroxylation is 1. The Balaban J connectivity index is 3.17. The summed E-state index contributed by atoms with van der Waals surface area (Å²) in [5.41, 5.74) is 7.23. The molecule has 0 saturated heterocycles. The van der Waals surface area contributed by atoms with E-state index in [9.17, 15) is 5.11 Å². The number of hydrogen-bond acceptors (Lipinski definition) is 5. The summed E-state index contributed by atoms with van der Waals surface area (Å²) in [4.78, 5) is 3.92. The molecule has 5 nitrogen and oxygen atoms in total. The van der Waals surface area contributed by atoms with Crippen molar-refractivity contribution in [1.82, 2.24) is 4.98 Å². The largest absolute Gasteiger partial charge is 0.506 e.